The number of hydrogen-bond acceptors (Lipinski definition) is 7. The van der Waals surface area contributed by atoms with Gasteiger partial charge in [-0.3, -0.25) is 19.2 Å². The van der Waals surface area contributed by atoms with Crippen LogP contribution in [0.1, 0.15) is 5.56 Å². The van der Waals surface area contributed by atoms with Crippen LogP contribution in [0.2, 0.25) is 0 Å². The van der Waals surface area contributed by atoms with Crippen LogP contribution < -0.4 is 9.04 Å². The number of nitro benzene ring substituents is 1. The molecule has 0 aromatic heterocycles. The van der Waals surface area contributed by atoms with Crippen molar-refractivity contribution in [3.05, 3.63) is 58.1 Å². The van der Waals surface area contributed by atoms with Crippen molar-refractivity contribution in [3.8, 4) is 5.75 Å². The number of methoxy groups -OCH3 is 2. The van der Waals surface area contributed by atoms with E-state index in [0.29, 0.717) is 0 Å². The Labute approximate surface area is 156 Å². The van der Waals surface area contributed by atoms with Gasteiger partial charge >= 0.3 is 5.97 Å². The lowest BCUT2D eigenvalue weighted by Gasteiger charge is -2.24. The Hall–Kier alpha value is -3.14. The first kappa shape index (κ1) is 20.2. The SMILES string of the molecule is COC(=O)CN(c1cc([N+](=O)[O-])ccc1OC)S(=O)(=O)c1ccc(C)cc1. The third-order valence-electron chi connectivity index (χ3n) is 3.75. The van der Waals surface area contributed by atoms with Gasteiger partial charge in [-0.15, -0.1) is 0 Å². The first-order valence-electron chi connectivity index (χ1n) is 7.69. The summed E-state index contributed by atoms with van der Waals surface area (Å²) in [5.74, 6) is -0.778. The van der Waals surface area contributed by atoms with Gasteiger partial charge in [-0.1, -0.05) is 17.7 Å². The summed E-state index contributed by atoms with van der Waals surface area (Å²) in [5, 5.41) is 11.1. The summed E-state index contributed by atoms with van der Waals surface area (Å²) >= 11 is 0. The van der Waals surface area contributed by atoms with Gasteiger partial charge in [-0.05, 0) is 25.1 Å². The van der Waals surface area contributed by atoms with Crippen molar-refractivity contribution in [1.29, 1.82) is 0 Å². The van der Waals surface area contributed by atoms with Crippen LogP contribution in [0.15, 0.2) is 47.4 Å². The Morgan fingerprint density at radius 3 is 2.30 bits per heavy atom. The normalized spacial score (nSPS) is 10.9. The van der Waals surface area contributed by atoms with Gasteiger partial charge in [-0.25, -0.2) is 8.42 Å². The minimum atomic E-state index is -4.22. The number of carbonyl (C=O) groups excluding carboxylic acids is 1. The van der Waals surface area contributed by atoms with E-state index in [1.165, 1.54) is 31.4 Å². The fourth-order valence-electron chi connectivity index (χ4n) is 2.31. The fraction of sp³-hybridized carbons (Fsp3) is 0.235. The molecule has 0 spiro atoms. The molecule has 0 atom stereocenters. The summed E-state index contributed by atoms with van der Waals surface area (Å²) in [6.45, 7) is 1.12. The van der Waals surface area contributed by atoms with Crippen LogP contribution in [0.5, 0.6) is 5.75 Å². The predicted octanol–water partition coefficient (Wildman–Crippen LogP) is 2.28. The molecule has 0 amide bonds. The van der Waals surface area contributed by atoms with Gasteiger partial charge in [-0.2, -0.15) is 0 Å². The lowest BCUT2D eigenvalue weighted by molar-refractivity contribution is -0.384. The van der Waals surface area contributed by atoms with Gasteiger partial charge in [0.1, 0.15) is 18.0 Å². The second-order valence-electron chi connectivity index (χ2n) is 5.51. The van der Waals surface area contributed by atoms with E-state index in [9.17, 15) is 23.3 Å². The molecule has 0 heterocycles. The molecule has 2 rings (SSSR count). The number of esters is 1. The third kappa shape index (κ3) is 4.34. The van der Waals surface area contributed by atoms with Gasteiger partial charge in [0.15, 0.2) is 0 Å². The molecule has 0 aliphatic carbocycles. The number of sulfonamides is 1. The lowest BCUT2D eigenvalue weighted by atomic mass is 10.2. The number of non-ortho nitro benzene ring substituents is 1. The van der Waals surface area contributed by atoms with E-state index in [-0.39, 0.29) is 22.0 Å². The Morgan fingerprint density at radius 1 is 1.15 bits per heavy atom. The standard InChI is InChI=1S/C17H18N2O7S/c1-12-4-7-14(8-5-12)27(23,24)18(11-17(20)26-3)15-10-13(19(21)22)6-9-16(15)25-2/h4-10H,11H2,1-3H3. The van der Waals surface area contributed by atoms with Crippen molar-refractivity contribution in [3.63, 3.8) is 0 Å². The van der Waals surface area contributed by atoms with Crippen molar-refractivity contribution in [1.82, 2.24) is 0 Å². The molecule has 9 nitrogen and oxygen atoms in total. The second-order valence-corrected chi connectivity index (χ2v) is 7.38. The number of aryl methyl sites for hydroxylation is 1. The summed E-state index contributed by atoms with van der Waals surface area (Å²) in [6.07, 6.45) is 0. The van der Waals surface area contributed by atoms with Gasteiger partial charge in [0.2, 0.25) is 0 Å². The second kappa shape index (κ2) is 8.04. The van der Waals surface area contributed by atoms with Crippen LogP contribution in [0.3, 0.4) is 0 Å². The molecule has 0 N–H and O–H groups in total. The zero-order chi connectivity index (χ0) is 20.2. The molecular formula is C17H18N2O7S. The molecule has 0 bridgehead atoms. The van der Waals surface area contributed by atoms with E-state index in [0.717, 1.165) is 23.0 Å². The summed E-state index contributed by atoms with van der Waals surface area (Å²) in [7, 11) is -1.82. The molecule has 2 aromatic rings. The van der Waals surface area contributed by atoms with E-state index in [4.69, 9.17) is 4.74 Å². The van der Waals surface area contributed by atoms with E-state index >= 15 is 0 Å². The maximum atomic E-state index is 13.1. The Balaban J connectivity index is 2.68. The predicted molar refractivity (Wildman–Crippen MR) is 97.4 cm³/mol. The summed E-state index contributed by atoms with van der Waals surface area (Å²) in [4.78, 5) is 22.2. The van der Waals surface area contributed by atoms with E-state index in [1.807, 2.05) is 0 Å². The Morgan fingerprint density at radius 2 is 1.78 bits per heavy atom. The third-order valence-corrected chi connectivity index (χ3v) is 5.53. The van der Waals surface area contributed by atoms with Crippen molar-refractivity contribution in [2.45, 2.75) is 11.8 Å². The largest absolute Gasteiger partial charge is 0.495 e. The Kier molecular flexibility index (Phi) is 6.01. The molecular weight excluding hydrogens is 376 g/mol. The zero-order valence-corrected chi connectivity index (χ0v) is 15.7. The smallest absolute Gasteiger partial charge is 0.326 e. The molecule has 0 aliphatic heterocycles. The highest BCUT2D eigenvalue weighted by molar-refractivity contribution is 7.92. The zero-order valence-electron chi connectivity index (χ0n) is 14.9. The molecule has 144 valence electrons. The van der Waals surface area contributed by atoms with E-state index in [2.05, 4.69) is 4.74 Å². The van der Waals surface area contributed by atoms with Crippen LogP contribution in [-0.4, -0.2) is 40.1 Å². The number of nitro groups is 1. The van der Waals surface area contributed by atoms with Gasteiger partial charge in [0.05, 0.1) is 24.0 Å². The first-order valence-corrected chi connectivity index (χ1v) is 9.13. The molecule has 10 heteroatoms. The average molecular weight is 394 g/mol. The van der Waals surface area contributed by atoms with Gasteiger partial charge < -0.3 is 9.47 Å². The number of ether oxygens (including phenoxy) is 2. The number of benzene rings is 2. The number of carbonyl (C=O) groups is 1. The molecule has 2 aromatic carbocycles. The topological polar surface area (TPSA) is 116 Å². The number of rotatable bonds is 7. The molecule has 0 fully saturated rings. The quantitative estimate of drug-likeness (QED) is 0.402. The molecule has 0 unspecified atom stereocenters. The molecule has 0 saturated heterocycles. The van der Waals surface area contributed by atoms with E-state index < -0.39 is 27.5 Å². The Bertz CT molecular complexity index is 956. The fourth-order valence-corrected chi connectivity index (χ4v) is 3.72. The van der Waals surface area contributed by atoms with Crippen LogP contribution in [-0.2, 0) is 19.6 Å². The number of nitrogens with zero attached hydrogens (tertiary/aromatic N) is 2. The monoisotopic (exact) mass is 394 g/mol. The maximum Gasteiger partial charge on any atom is 0.326 e. The van der Waals surface area contributed by atoms with Crippen molar-refractivity contribution >= 4 is 27.4 Å². The molecule has 0 aliphatic rings. The minimum Gasteiger partial charge on any atom is -0.495 e. The molecule has 0 saturated carbocycles. The maximum absolute atomic E-state index is 13.1. The van der Waals surface area contributed by atoms with Crippen molar-refractivity contribution in [2.24, 2.45) is 0 Å². The van der Waals surface area contributed by atoms with Gasteiger partial charge in [0.25, 0.3) is 15.7 Å². The summed E-state index contributed by atoms with van der Waals surface area (Å²) < 4.78 is 36.7. The van der Waals surface area contributed by atoms with Crippen molar-refractivity contribution < 1.29 is 27.6 Å². The van der Waals surface area contributed by atoms with Crippen LogP contribution in [0.4, 0.5) is 11.4 Å². The highest BCUT2D eigenvalue weighted by Gasteiger charge is 2.31. The summed E-state index contributed by atoms with van der Waals surface area (Å²) in [5.41, 5.74) is 0.360. The van der Waals surface area contributed by atoms with Gasteiger partial charge in [0, 0.05) is 12.1 Å². The van der Waals surface area contributed by atoms with Crippen LogP contribution >= 0.6 is 0 Å². The molecule has 0 radical (unpaired) electrons. The summed E-state index contributed by atoms with van der Waals surface area (Å²) in [6, 6.07) is 9.46. The number of anilines is 1. The molecule has 27 heavy (non-hydrogen) atoms. The van der Waals surface area contributed by atoms with E-state index in [1.54, 1.807) is 19.1 Å². The average Bonchev–Trinajstić information content (AvgIpc) is 2.65. The van der Waals surface area contributed by atoms with Crippen LogP contribution in [0.25, 0.3) is 0 Å². The highest BCUT2D eigenvalue weighted by Crippen LogP contribution is 2.35. The highest BCUT2D eigenvalue weighted by atomic mass is 32.2. The number of hydrogen-bond donors (Lipinski definition) is 0. The minimum absolute atomic E-state index is 0.0557. The lowest BCUT2D eigenvalue weighted by Crippen LogP contribution is -2.36. The van der Waals surface area contributed by atoms with Crippen molar-refractivity contribution in [2.75, 3.05) is 25.1 Å². The first-order chi connectivity index (χ1) is 12.7. The van der Waals surface area contributed by atoms with Crippen LogP contribution in [0, 0.1) is 17.0 Å².